The number of halogens is 3. The zero-order valence-electron chi connectivity index (χ0n) is 16.0. The number of nitrogens with two attached hydrogens (primary N) is 1. The third kappa shape index (κ3) is 6.74. The fourth-order valence-corrected chi connectivity index (χ4v) is 3.16. The molecule has 1 heterocycles. The highest BCUT2D eigenvalue weighted by atomic mass is 35.5. The van der Waals surface area contributed by atoms with Crippen LogP contribution in [0.3, 0.4) is 0 Å². The van der Waals surface area contributed by atoms with Crippen LogP contribution in [0.4, 0.5) is 11.4 Å². The van der Waals surface area contributed by atoms with E-state index in [9.17, 15) is 4.79 Å². The summed E-state index contributed by atoms with van der Waals surface area (Å²) in [5.41, 5.74) is 8.31. The van der Waals surface area contributed by atoms with E-state index in [1.807, 2.05) is 25.2 Å². The molecule has 0 aliphatic carbocycles. The standard InChI is InChI=1S/C20H26N4O.3ClH/c1-22(20(25)18-9-5-6-10-19(18)21)11-12-23-13-15-24(16-14-23)17-7-3-2-4-8-17;;;/h2-10H,11-16,21H2,1H3;3*1H. The molecule has 5 nitrogen and oxygen atoms in total. The predicted molar refractivity (Wildman–Crippen MR) is 125 cm³/mol. The van der Waals surface area contributed by atoms with Crippen LogP contribution >= 0.6 is 37.2 Å². The van der Waals surface area contributed by atoms with Crippen LogP contribution in [0.5, 0.6) is 0 Å². The predicted octanol–water partition coefficient (Wildman–Crippen LogP) is 3.43. The first-order valence-electron chi connectivity index (χ1n) is 8.77. The second kappa shape index (κ2) is 12.7. The van der Waals surface area contributed by atoms with Crippen molar-refractivity contribution in [2.75, 3.05) is 56.9 Å². The van der Waals surface area contributed by atoms with Crippen LogP contribution in [0.1, 0.15) is 10.4 Å². The molecule has 1 aliphatic heterocycles. The number of carbonyl (C=O) groups excluding carboxylic acids is 1. The van der Waals surface area contributed by atoms with E-state index in [1.54, 1.807) is 17.0 Å². The van der Waals surface area contributed by atoms with Crippen LogP contribution in [0.25, 0.3) is 0 Å². The maximum atomic E-state index is 12.5. The maximum absolute atomic E-state index is 12.5. The molecular weight excluding hydrogens is 419 g/mol. The topological polar surface area (TPSA) is 52.8 Å². The molecule has 1 aliphatic rings. The molecule has 1 fully saturated rings. The Morgan fingerprint density at radius 1 is 0.929 bits per heavy atom. The van der Waals surface area contributed by atoms with E-state index < -0.39 is 0 Å². The van der Waals surface area contributed by atoms with Crippen molar-refractivity contribution in [3.63, 3.8) is 0 Å². The first kappa shape index (κ1) is 26.3. The largest absolute Gasteiger partial charge is 0.398 e. The second-order valence-corrected chi connectivity index (χ2v) is 6.48. The molecule has 3 rings (SSSR count). The number of para-hydroxylation sites is 2. The van der Waals surface area contributed by atoms with Gasteiger partial charge < -0.3 is 15.5 Å². The molecule has 0 bridgehead atoms. The first-order valence-corrected chi connectivity index (χ1v) is 8.77. The molecule has 2 aromatic carbocycles. The van der Waals surface area contributed by atoms with E-state index in [1.165, 1.54) is 5.69 Å². The normalized spacial score (nSPS) is 13.5. The number of hydrogen-bond donors (Lipinski definition) is 1. The molecule has 8 heteroatoms. The Labute approximate surface area is 186 Å². The average Bonchev–Trinajstić information content (AvgIpc) is 2.67. The monoisotopic (exact) mass is 446 g/mol. The number of carbonyl (C=O) groups is 1. The number of nitrogen functional groups attached to an aromatic ring is 1. The summed E-state index contributed by atoms with van der Waals surface area (Å²) in [5, 5.41) is 0. The Hall–Kier alpha value is -1.66. The third-order valence-corrected chi connectivity index (χ3v) is 4.78. The molecular formula is C20H29Cl3N4O. The van der Waals surface area contributed by atoms with E-state index in [4.69, 9.17) is 5.73 Å². The van der Waals surface area contributed by atoms with Crippen LogP contribution in [0.2, 0.25) is 0 Å². The van der Waals surface area contributed by atoms with E-state index >= 15 is 0 Å². The lowest BCUT2D eigenvalue weighted by Crippen LogP contribution is -2.48. The zero-order chi connectivity index (χ0) is 17.6. The summed E-state index contributed by atoms with van der Waals surface area (Å²) in [5.74, 6) is -0.0129. The molecule has 0 atom stereocenters. The van der Waals surface area contributed by atoms with Gasteiger partial charge >= 0.3 is 0 Å². The fraction of sp³-hybridized carbons (Fsp3) is 0.350. The first-order chi connectivity index (χ1) is 12.1. The van der Waals surface area contributed by atoms with Gasteiger partial charge in [0.1, 0.15) is 0 Å². The van der Waals surface area contributed by atoms with Crippen LogP contribution in [-0.4, -0.2) is 62.0 Å². The second-order valence-electron chi connectivity index (χ2n) is 6.48. The number of anilines is 2. The fourth-order valence-electron chi connectivity index (χ4n) is 3.16. The van der Waals surface area contributed by atoms with Crippen LogP contribution in [-0.2, 0) is 0 Å². The molecule has 0 radical (unpaired) electrons. The number of benzene rings is 2. The third-order valence-electron chi connectivity index (χ3n) is 4.78. The Kier molecular flexibility index (Phi) is 12.0. The van der Waals surface area contributed by atoms with Gasteiger partial charge in [-0.1, -0.05) is 30.3 Å². The molecule has 1 amide bonds. The van der Waals surface area contributed by atoms with Gasteiger partial charge in [-0.25, -0.2) is 0 Å². The number of likely N-dealkylation sites (N-methyl/N-ethyl adjacent to an activating group) is 1. The van der Waals surface area contributed by atoms with Gasteiger partial charge in [0.2, 0.25) is 0 Å². The summed E-state index contributed by atoms with van der Waals surface area (Å²) < 4.78 is 0. The molecule has 28 heavy (non-hydrogen) atoms. The summed E-state index contributed by atoms with van der Waals surface area (Å²) in [6.45, 7) is 5.67. The minimum Gasteiger partial charge on any atom is -0.398 e. The van der Waals surface area contributed by atoms with E-state index in [0.29, 0.717) is 17.8 Å². The highest BCUT2D eigenvalue weighted by Crippen LogP contribution is 2.16. The quantitative estimate of drug-likeness (QED) is 0.714. The summed E-state index contributed by atoms with van der Waals surface area (Å²) >= 11 is 0. The van der Waals surface area contributed by atoms with Crippen molar-refractivity contribution in [1.29, 1.82) is 0 Å². The van der Waals surface area contributed by atoms with E-state index in [2.05, 4.69) is 34.1 Å². The number of piperazine rings is 1. The lowest BCUT2D eigenvalue weighted by molar-refractivity contribution is 0.0777. The Morgan fingerprint density at radius 2 is 1.50 bits per heavy atom. The molecule has 0 aromatic heterocycles. The van der Waals surface area contributed by atoms with Crippen molar-refractivity contribution in [3.8, 4) is 0 Å². The summed E-state index contributed by atoms with van der Waals surface area (Å²) in [6, 6.07) is 17.8. The molecule has 1 saturated heterocycles. The van der Waals surface area contributed by atoms with Gasteiger partial charge in [-0.2, -0.15) is 0 Å². The summed E-state index contributed by atoms with van der Waals surface area (Å²) in [4.78, 5) is 19.1. The maximum Gasteiger partial charge on any atom is 0.255 e. The summed E-state index contributed by atoms with van der Waals surface area (Å²) in [7, 11) is 1.84. The smallest absolute Gasteiger partial charge is 0.255 e. The van der Waals surface area contributed by atoms with Crippen LogP contribution < -0.4 is 10.6 Å². The Morgan fingerprint density at radius 3 is 2.11 bits per heavy atom. The molecule has 2 aromatic rings. The molecule has 156 valence electrons. The lowest BCUT2D eigenvalue weighted by Gasteiger charge is -2.36. The Balaban J connectivity index is 0.00000243. The number of hydrogen-bond acceptors (Lipinski definition) is 4. The Bertz CT molecular complexity index is 710. The molecule has 0 unspecified atom stereocenters. The van der Waals surface area contributed by atoms with Crippen molar-refractivity contribution >= 4 is 54.5 Å². The van der Waals surface area contributed by atoms with Crippen LogP contribution in [0.15, 0.2) is 54.6 Å². The SMILES string of the molecule is CN(CCN1CCN(c2ccccc2)CC1)C(=O)c1ccccc1N.Cl.Cl.Cl. The number of amides is 1. The van der Waals surface area contributed by atoms with Crippen molar-refractivity contribution < 1.29 is 4.79 Å². The van der Waals surface area contributed by atoms with Crippen molar-refractivity contribution in [2.24, 2.45) is 0 Å². The minimum atomic E-state index is -0.0129. The van der Waals surface area contributed by atoms with Crippen molar-refractivity contribution in [3.05, 3.63) is 60.2 Å². The lowest BCUT2D eigenvalue weighted by atomic mass is 10.1. The minimum absolute atomic E-state index is 0. The zero-order valence-corrected chi connectivity index (χ0v) is 18.4. The van der Waals surface area contributed by atoms with E-state index in [-0.39, 0.29) is 43.1 Å². The summed E-state index contributed by atoms with van der Waals surface area (Å²) in [6.07, 6.45) is 0. The van der Waals surface area contributed by atoms with Crippen molar-refractivity contribution in [2.45, 2.75) is 0 Å². The van der Waals surface area contributed by atoms with Crippen LogP contribution in [0, 0.1) is 0 Å². The molecule has 0 spiro atoms. The van der Waals surface area contributed by atoms with E-state index in [0.717, 1.165) is 32.7 Å². The van der Waals surface area contributed by atoms with Gasteiger partial charge in [0.15, 0.2) is 0 Å². The van der Waals surface area contributed by atoms with Gasteiger partial charge in [-0.05, 0) is 24.3 Å². The highest BCUT2D eigenvalue weighted by Gasteiger charge is 2.19. The van der Waals surface area contributed by atoms with Gasteiger partial charge in [0, 0.05) is 57.7 Å². The molecule has 2 N–H and O–H groups in total. The highest BCUT2D eigenvalue weighted by molar-refractivity contribution is 5.98. The molecule has 0 saturated carbocycles. The average molecular weight is 448 g/mol. The number of nitrogens with zero attached hydrogens (tertiary/aromatic N) is 3. The van der Waals surface area contributed by atoms with Gasteiger partial charge in [-0.15, -0.1) is 37.2 Å². The number of rotatable bonds is 5. The van der Waals surface area contributed by atoms with Gasteiger partial charge in [-0.3, -0.25) is 9.69 Å². The van der Waals surface area contributed by atoms with Gasteiger partial charge in [0.25, 0.3) is 5.91 Å². The van der Waals surface area contributed by atoms with Gasteiger partial charge in [0.05, 0.1) is 5.56 Å². The van der Waals surface area contributed by atoms with Crippen molar-refractivity contribution in [1.82, 2.24) is 9.80 Å².